The summed E-state index contributed by atoms with van der Waals surface area (Å²) in [6, 6.07) is 9.87. The smallest absolute Gasteiger partial charge is 0.241 e. The van der Waals surface area contributed by atoms with Gasteiger partial charge >= 0.3 is 0 Å². The molecule has 1 saturated heterocycles. The van der Waals surface area contributed by atoms with Gasteiger partial charge in [0.15, 0.2) is 0 Å². The van der Waals surface area contributed by atoms with Gasteiger partial charge in [-0.1, -0.05) is 19.1 Å². The lowest BCUT2D eigenvalue weighted by atomic mass is 10.0. The molecule has 6 nitrogen and oxygen atoms in total. The van der Waals surface area contributed by atoms with Crippen LogP contribution in [0.1, 0.15) is 25.3 Å². The van der Waals surface area contributed by atoms with Gasteiger partial charge in [0.1, 0.15) is 0 Å². The highest BCUT2D eigenvalue weighted by Gasteiger charge is 2.26. The van der Waals surface area contributed by atoms with Gasteiger partial charge in [-0.3, -0.25) is 0 Å². The van der Waals surface area contributed by atoms with Crippen molar-refractivity contribution in [2.75, 3.05) is 19.6 Å². The van der Waals surface area contributed by atoms with Gasteiger partial charge in [-0.05, 0) is 48.9 Å². The van der Waals surface area contributed by atoms with E-state index in [2.05, 4.69) is 16.7 Å². The van der Waals surface area contributed by atoms with Crippen molar-refractivity contribution in [1.29, 1.82) is 0 Å². The molecule has 130 valence electrons. The van der Waals surface area contributed by atoms with Crippen LogP contribution in [0.25, 0.3) is 5.69 Å². The molecule has 0 bridgehead atoms. The zero-order chi connectivity index (χ0) is 17.0. The zero-order valence-corrected chi connectivity index (χ0v) is 14.7. The molecule has 0 radical (unpaired) electrons. The van der Waals surface area contributed by atoms with Crippen LogP contribution in [0, 0.1) is 5.92 Å². The maximum absolute atomic E-state index is 12.3. The second-order valence-electron chi connectivity index (χ2n) is 6.37. The first-order chi connectivity index (χ1) is 11.5. The Balaban J connectivity index is 1.52. The highest BCUT2D eigenvalue weighted by molar-refractivity contribution is 7.87. The van der Waals surface area contributed by atoms with Crippen LogP contribution in [-0.4, -0.2) is 42.1 Å². The second kappa shape index (κ2) is 7.46. The third-order valence-electron chi connectivity index (χ3n) is 4.36. The lowest BCUT2D eigenvalue weighted by Crippen LogP contribution is -2.46. The van der Waals surface area contributed by atoms with Crippen molar-refractivity contribution in [3.8, 4) is 5.69 Å². The Hall–Kier alpha value is -1.70. The van der Waals surface area contributed by atoms with Gasteiger partial charge < -0.3 is 0 Å². The van der Waals surface area contributed by atoms with Crippen molar-refractivity contribution >= 4 is 10.2 Å². The molecule has 0 saturated carbocycles. The van der Waals surface area contributed by atoms with Crippen LogP contribution in [0.3, 0.4) is 0 Å². The normalized spacial score (nSPS) is 19.5. The molecule has 0 spiro atoms. The predicted molar refractivity (Wildman–Crippen MR) is 94.2 cm³/mol. The number of benzene rings is 1. The molecule has 1 aliphatic heterocycles. The van der Waals surface area contributed by atoms with Crippen molar-refractivity contribution in [2.45, 2.75) is 26.2 Å². The number of aromatic nitrogens is 2. The summed E-state index contributed by atoms with van der Waals surface area (Å²) in [5, 5.41) is 4.19. The Morgan fingerprint density at radius 3 is 2.75 bits per heavy atom. The highest BCUT2D eigenvalue weighted by atomic mass is 32.2. The Bertz CT molecular complexity index is 741. The SMILES string of the molecule is CC1CCCN(S(=O)(=O)NCCc2ccc(-n3cccn3)cc2)C1. The molecular weight excluding hydrogens is 324 g/mol. The van der Waals surface area contributed by atoms with Crippen LogP contribution in [0.5, 0.6) is 0 Å². The van der Waals surface area contributed by atoms with Crippen molar-refractivity contribution in [3.05, 3.63) is 48.3 Å². The first-order valence-corrected chi connectivity index (χ1v) is 9.82. The zero-order valence-electron chi connectivity index (χ0n) is 13.9. The average Bonchev–Trinajstić information content (AvgIpc) is 3.10. The topological polar surface area (TPSA) is 67.2 Å². The monoisotopic (exact) mass is 348 g/mol. The largest absolute Gasteiger partial charge is 0.279 e. The van der Waals surface area contributed by atoms with Gasteiger partial charge in [-0.2, -0.15) is 17.8 Å². The Morgan fingerprint density at radius 1 is 1.29 bits per heavy atom. The fourth-order valence-corrected chi connectivity index (χ4v) is 4.38. The summed E-state index contributed by atoms with van der Waals surface area (Å²) in [6.45, 7) is 3.75. The van der Waals surface area contributed by atoms with Crippen molar-refractivity contribution in [3.63, 3.8) is 0 Å². The lowest BCUT2D eigenvalue weighted by Gasteiger charge is -2.29. The maximum atomic E-state index is 12.3. The molecule has 2 heterocycles. The van der Waals surface area contributed by atoms with Gasteiger partial charge in [-0.15, -0.1) is 0 Å². The van der Waals surface area contributed by atoms with Crippen molar-refractivity contribution in [2.24, 2.45) is 5.92 Å². The van der Waals surface area contributed by atoms with E-state index in [1.165, 1.54) is 0 Å². The van der Waals surface area contributed by atoms with E-state index in [-0.39, 0.29) is 0 Å². The summed E-state index contributed by atoms with van der Waals surface area (Å²) in [5.74, 6) is 0.435. The minimum atomic E-state index is -3.36. The van der Waals surface area contributed by atoms with E-state index in [0.717, 1.165) is 24.1 Å². The van der Waals surface area contributed by atoms with Crippen LogP contribution in [0.2, 0.25) is 0 Å². The minimum absolute atomic E-state index is 0.411. The van der Waals surface area contributed by atoms with Gasteiger partial charge in [0.25, 0.3) is 10.2 Å². The number of nitrogens with zero attached hydrogens (tertiary/aromatic N) is 3. The van der Waals surface area contributed by atoms with Gasteiger partial charge in [-0.25, -0.2) is 9.40 Å². The van der Waals surface area contributed by atoms with E-state index >= 15 is 0 Å². The average molecular weight is 348 g/mol. The van der Waals surface area contributed by atoms with Crippen LogP contribution in [-0.2, 0) is 16.6 Å². The summed E-state index contributed by atoms with van der Waals surface area (Å²) >= 11 is 0. The fraction of sp³-hybridized carbons (Fsp3) is 0.471. The molecule has 2 aromatic rings. The Morgan fingerprint density at radius 2 is 2.08 bits per heavy atom. The van der Waals surface area contributed by atoms with Gasteiger partial charge in [0, 0.05) is 32.0 Å². The fourth-order valence-electron chi connectivity index (χ4n) is 3.02. The maximum Gasteiger partial charge on any atom is 0.279 e. The van der Waals surface area contributed by atoms with Gasteiger partial charge in [0.2, 0.25) is 0 Å². The molecule has 0 aliphatic carbocycles. The summed E-state index contributed by atoms with van der Waals surface area (Å²) in [6.07, 6.45) is 6.35. The molecule has 1 N–H and O–H groups in total. The van der Waals surface area contributed by atoms with E-state index in [1.807, 2.05) is 36.5 Å². The Kier molecular flexibility index (Phi) is 5.33. The molecule has 1 aromatic heterocycles. The molecule has 1 aliphatic rings. The first kappa shape index (κ1) is 17.1. The van der Waals surface area contributed by atoms with E-state index in [4.69, 9.17) is 0 Å². The van der Waals surface area contributed by atoms with Crippen LogP contribution in [0.15, 0.2) is 42.7 Å². The van der Waals surface area contributed by atoms with Crippen LogP contribution < -0.4 is 4.72 Å². The van der Waals surface area contributed by atoms with Crippen molar-refractivity contribution in [1.82, 2.24) is 18.8 Å². The molecule has 1 aromatic carbocycles. The summed E-state index contributed by atoms with van der Waals surface area (Å²) < 4.78 is 30.8. The summed E-state index contributed by atoms with van der Waals surface area (Å²) in [4.78, 5) is 0. The van der Waals surface area contributed by atoms with Crippen LogP contribution >= 0.6 is 0 Å². The third-order valence-corrected chi connectivity index (χ3v) is 5.94. The van der Waals surface area contributed by atoms with E-state index in [1.54, 1.807) is 15.2 Å². The van der Waals surface area contributed by atoms with Crippen molar-refractivity contribution < 1.29 is 8.42 Å². The molecule has 7 heteroatoms. The van der Waals surface area contributed by atoms with Gasteiger partial charge in [0.05, 0.1) is 5.69 Å². The van der Waals surface area contributed by atoms with E-state index < -0.39 is 10.2 Å². The number of nitrogens with one attached hydrogen (secondary N) is 1. The van der Waals surface area contributed by atoms with E-state index in [9.17, 15) is 8.42 Å². The lowest BCUT2D eigenvalue weighted by molar-refractivity contribution is 0.278. The standard InChI is InChI=1S/C17H24N4O2S/c1-15-4-2-12-20(14-15)24(22,23)19-11-9-16-5-7-17(8-6-16)21-13-3-10-18-21/h3,5-8,10,13,15,19H,2,4,9,11-12,14H2,1H3. The Labute approximate surface area is 143 Å². The summed E-state index contributed by atoms with van der Waals surface area (Å²) in [7, 11) is -3.36. The minimum Gasteiger partial charge on any atom is -0.241 e. The summed E-state index contributed by atoms with van der Waals surface area (Å²) in [5.41, 5.74) is 2.09. The molecule has 3 rings (SSSR count). The number of hydrogen-bond donors (Lipinski definition) is 1. The molecule has 24 heavy (non-hydrogen) atoms. The molecule has 1 atom stereocenters. The van der Waals surface area contributed by atoms with E-state index in [0.29, 0.717) is 32.0 Å². The molecule has 1 unspecified atom stereocenters. The van der Waals surface area contributed by atoms with Crippen LogP contribution in [0.4, 0.5) is 0 Å². The predicted octanol–water partition coefficient (Wildman–Crippen LogP) is 1.98. The molecule has 0 amide bonds. The quantitative estimate of drug-likeness (QED) is 0.868. The highest BCUT2D eigenvalue weighted by Crippen LogP contribution is 2.17. The number of piperidine rings is 1. The molecule has 1 fully saturated rings. The number of hydrogen-bond acceptors (Lipinski definition) is 3. The molecular formula is C17H24N4O2S. The second-order valence-corrected chi connectivity index (χ2v) is 8.13. The third kappa shape index (κ3) is 4.23. The number of rotatable bonds is 6. The first-order valence-electron chi connectivity index (χ1n) is 8.38.